The molecule has 0 bridgehead atoms. The normalized spacial score (nSPS) is 14.2. The van der Waals surface area contributed by atoms with Gasteiger partial charge in [-0.15, -0.1) is 0 Å². The van der Waals surface area contributed by atoms with Crippen LogP contribution in [0.2, 0.25) is 0 Å². The van der Waals surface area contributed by atoms with Gasteiger partial charge in [0, 0.05) is 30.8 Å². The van der Waals surface area contributed by atoms with Crippen molar-refractivity contribution in [1.29, 1.82) is 0 Å². The first kappa shape index (κ1) is 19.6. The van der Waals surface area contributed by atoms with Gasteiger partial charge in [-0.05, 0) is 43.3 Å². The summed E-state index contributed by atoms with van der Waals surface area (Å²) in [5.74, 6) is -0.314. The first-order valence-corrected chi connectivity index (χ1v) is 9.35. The number of nitrogens with one attached hydrogen (secondary N) is 3. The Kier molecular flexibility index (Phi) is 6.38. The summed E-state index contributed by atoms with van der Waals surface area (Å²) in [5, 5.41) is 14.5. The van der Waals surface area contributed by atoms with Crippen LogP contribution in [0, 0.1) is 16.0 Å². The summed E-state index contributed by atoms with van der Waals surface area (Å²) in [6, 6.07) is 16.1. The van der Waals surface area contributed by atoms with Crippen LogP contribution in [0.4, 0.5) is 17.1 Å². The number of nitro benzene ring substituents is 1. The first-order chi connectivity index (χ1) is 13.5. The lowest BCUT2D eigenvalue weighted by molar-refractivity contribution is -0.384. The summed E-state index contributed by atoms with van der Waals surface area (Å²) >= 11 is 5.17. The number of carbonyl (C=O) groups excluding carboxylic acids is 1. The van der Waals surface area contributed by atoms with Gasteiger partial charge in [-0.25, -0.2) is 0 Å². The number of carbonyl (C=O) groups is 1. The lowest BCUT2D eigenvalue weighted by atomic mass is 9.95. The highest BCUT2D eigenvalue weighted by Crippen LogP contribution is 2.31. The second kappa shape index (κ2) is 9.14. The molecule has 8 nitrogen and oxygen atoms in total. The topological polar surface area (TPSA) is 99.5 Å². The molecule has 0 atom stereocenters. The molecule has 0 saturated carbocycles. The zero-order chi connectivity index (χ0) is 19.9. The molecule has 2 aromatic carbocycles. The van der Waals surface area contributed by atoms with E-state index in [4.69, 9.17) is 12.2 Å². The van der Waals surface area contributed by atoms with Crippen LogP contribution in [0.1, 0.15) is 12.8 Å². The van der Waals surface area contributed by atoms with Crippen molar-refractivity contribution in [2.75, 3.05) is 23.3 Å². The van der Waals surface area contributed by atoms with E-state index in [2.05, 4.69) is 16.2 Å². The third-order valence-electron chi connectivity index (χ3n) is 4.62. The maximum Gasteiger partial charge on any atom is 0.292 e. The van der Waals surface area contributed by atoms with Gasteiger partial charge in [0.05, 0.1) is 4.92 Å². The summed E-state index contributed by atoms with van der Waals surface area (Å²) < 4.78 is 0. The molecule has 1 amide bonds. The van der Waals surface area contributed by atoms with E-state index in [0.29, 0.717) is 36.7 Å². The highest BCUT2D eigenvalue weighted by atomic mass is 32.1. The van der Waals surface area contributed by atoms with Gasteiger partial charge >= 0.3 is 0 Å². The Morgan fingerprint density at radius 1 is 1.04 bits per heavy atom. The summed E-state index contributed by atoms with van der Waals surface area (Å²) in [6.07, 6.45) is 1.22. The Hall–Kier alpha value is -3.20. The average molecular weight is 399 g/mol. The zero-order valence-electron chi connectivity index (χ0n) is 15.1. The molecule has 9 heteroatoms. The van der Waals surface area contributed by atoms with E-state index in [9.17, 15) is 14.9 Å². The standard InChI is InChI=1S/C19H21N5O3S/c25-18(21-22-19(28)20-15-6-2-1-3-7-15)14-10-12-23(13-11-14)16-8-4-5-9-17(16)24(26)27/h1-9,14H,10-13H2,(H,21,25)(H2,20,22,28). The minimum atomic E-state index is -0.376. The third kappa shape index (κ3) is 4.95. The second-order valence-electron chi connectivity index (χ2n) is 6.44. The zero-order valence-corrected chi connectivity index (χ0v) is 15.9. The van der Waals surface area contributed by atoms with Crippen molar-refractivity contribution in [3.8, 4) is 0 Å². The molecule has 28 heavy (non-hydrogen) atoms. The molecule has 1 saturated heterocycles. The van der Waals surface area contributed by atoms with Crippen molar-refractivity contribution >= 4 is 40.3 Å². The predicted molar refractivity (Wildman–Crippen MR) is 112 cm³/mol. The number of hydrazine groups is 1. The molecular formula is C19H21N5O3S. The maximum atomic E-state index is 12.4. The fraction of sp³-hybridized carbons (Fsp3) is 0.263. The van der Waals surface area contributed by atoms with E-state index in [1.807, 2.05) is 35.2 Å². The molecule has 0 unspecified atom stereocenters. The third-order valence-corrected chi connectivity index (χ3v) is 4.82. The fourth-order valence-corrected chi connectivity index (χ4v) is 3.34. The van der Waals surface area contributed by atoms with Crippen LogP contribution in [-0.2, 0) is 4.79 Å². The number of hydrogen-bond acceptors (Lipinski definition) is 5. The molecule has 1 aliphatic heterocycles. The van der Waals surface area contributed by atoms with Crippen molar-refractivity contribution in [2.45, 2.75) is 12.8 Å². The number of hydrogen-bond donors (Lipinski definition) is 3. The number of amides is 1. The van der Waals surface area contributed by atoms with Gasteiger partial charge in [0.15, 0.2) is 5.11 Å². The molecular weight excluding hydrogens is 378 g/mol. The van der Waals surface area contributed by atoms with Crippen molar-refractivity contribution in [3.63, 3.8) is 0 Å². The largest absolute Gasteiger partial charge is 0.366 e. The van der Waals surface area contributed by atoms with Crippen LogP contribution >= 0.6 is 12.2 Å². The SMILES string of the molecule is O=C(NNC(=S)Nc1ccccc1)C1CCN(c2ccccc2[N+](=O)[O-])CC1. The summed E-state index contributed by atoms with van der Waals surface area (Å²) in [6.45, 7) is 1.16. The monoisotopic (exact) mass is 399 g/mol. The van der Waals surface area contributed by atoms with Gasteiger partial charge in [-0.1, -0.05) is 30.3 Å². The molecule has 1 fully saturated rings. The van der Waals surface area contributed by atoms with Crippen molar-refractivity contribution in [3.05, 3.63) is 64.7 Å². The van der Waals surface area contributed by atoms with Crippen molar-refractivity contribution in [2.24, 2.45) is 5.92 Å². The Morgan fingerprint density at radius 2 is 1.68 bits per heavy atom. The predicted octanol–water partition coefficient (Wildman–Crippen LogP) is 2.83. The minimum Gasteiger partial charge on any atom is -0.366 e. The van der Waals surface area contributed by atoms with E-state index in [1.165, 1.54) is 6.07 Å². The van der Waals surface area contributed by atoms with Gasteiger partial charge in [0.25, 0.3) is 5.69 Å². The maximum absolute atomic E-state index is 12.4. The van der Waals surface area contributed by atoms with Crippen LogP contribution in [0.25, 0.3) is 0 Å². The van der Waals surface area contributed by atoms with E-state index >= 15 is 0 Å². The molecule has 0 aromatic heterocycles. The van der Waals surface area contributed by atoms with Gasteiger partial charge in [0.1, 0.15) is 5.69 Å². The minimum absolute atomic E-state index is 0.0874. The van der Waals surface area contributed by atoms with E-state index in [0.717, 1.165) is 5.69 Å². The lowest BCUT2D eigenvalue weighted by Crippen LogP contribution is -2.48. The summed E-state index contributed by atoms with van der Waals surface area (Å²) in [7, 11) is 0. The van der Waals surface area contributed by atoms with Crippen LogP contribution in [0.5, 0.6) is 0 Å². The van der Waals surface area contributed by atoms with Crippen molar-refractivity contribution < 1.29 is 9.72 Å². The Bertz CT molecular complexity index is 854. The molecule has 0 radical (unpaired) electrons. The molecule has 2 aromatic rings. The Morgan fingerprint density at radius 3 is 2.36 bits per heavy atom. The van der Waals surface area contributed by atoms with E-state index in [1.54, 1.807) is 18.2 Å². The molecule has 0 spiro atoms. The van der Waals surface area contributed by atoms with Gasteiger partial charge in [-0.2, -0.15) is 0 Å². The van der Waals surface area contributed by atoms with E-state index < -0.39 is 0 Å². The first-order valence-electron chi connectivity index (χ1n) is 8.95. The Labute approximate surface area is 168 Å². The number of nitrogens with zero attached hydrogens (tertiary/aromatic N) is 2. The number of benzene rings is 2. The van der Waals surface area contributed by atoms with Crippen LogP contribution in [0.3, 0.4) is 0 Å². The van der Waals surface area contributed by atoms with Gasteiger partial charge < -0.3 is 10.2 Å². The highest BCUT2D eigenvalue weighted by Gasteiger charge is 2.28. The van der Waals surface area contributed by atoms with Gasteiger partial charge in [-0.3, -0.25) is 25.8 Å². The van der Waals surface area contributed by atoms with Crippen LogP contribution in [0.15, 0.2) is 54.6 Å². The number of anilines is 2. The number of thiocarbonyl (C=S) groups is 1. The number of rotatable bonds is 4. The number of nitro groups is 1. The molecule has 0 aliphatic carbocycles. The second-order valence-corrected chi connectivity index (χ2v) is 6.85. The number of piperidine rings is 1. The fourth-order valence-electron chi connectivity index (χ4n) is 3.17. The van der Waals surface area contributed by atoms with Gasteiger partial charge in [0.2, 0.25) is 5.91 Å². The average Bonchev–Trinajstić information content (AvgIpc) is 2.73. The summed E-state index contributed by atoms with van der Waals surface area (Å²) in [4.78, 5) is 25.2. The smallest absolute Gasteiger partial charge is 0.292 e. The summed E-state index contributed by atoms with van der Waals surface area (Å²) in [5.41, 5.74) is 6.86. The highest BCUT2D eigenvalue weighted by molar-refractivity contribution is 7.80. The molecule has 1 heterocycles. The number of para-hydroxylation sites is 3. The van der Waals surface area contributed by atoms with Crippen molar-refractivity contribution in [1.82, 2.24) is 10.9 Å². The molecule has 3 N–H and O–H groups in total. The molecule has 1 aliphatic rings. The van der Waals surface area contributed by atoms with Crippen LogP contribution < -0.4 is 21.1 Å². The molecule has 146 valence electrons. The molecule has 3 rings (SSSR count). The van der Waals surface area contributed by atoms with Crippen LogP contribution in [-0.4, -0.2) is 29.0 Å². The quantitative estimate of drug-likeness (QED) is 0.413. The lowest BCUT2D eigenvalue weighted by Gasteiger charge is -2.32. The Balaban J connectivity index is 1.48. The van der Waals surface area contributed by atoms with E-state index in [-0.39, 0.29) is 22.4 Å².